The highest BCUT2D eigenvalue weighted by Gasteiger charge is 2.51. The molecule has 1 amide bonds. The normalized spacial score (nSPS) is 25.3. The summed E-state index contributed by atoms with van der Waals surface area (Å²) in [7, 11) is 0. The second-order valence-corrected chi connectivity index (χ2v) is 5.63. The molecule has 0 aromatic rings. The second-order valence-electron chi connectivity index (χ2n) is 5.63. The van der Waals surface area contributed by atoms with Crippen LogP contribution in [0, 0.1) is 17.3 Å². The second kappa shape index (κ2) is 4.44. The highest BCUT2D eigenvalue weighted by atomic mass is 19.4. The minimum atomic E-state index is -4.95. The van der Waals surface area contributed by atoms with Gasteiger partial charge in [0.15, 0.2) is 0 Å². The molecule has 0 bridgehead atoms. The van der Waals surface area contributed by atoms with Crippen molar-refractivity contribution in [3.8, 4) is 0 Å². The van der Waals surface area contributed by atoms with Gasteiger partial charge in [-0.2, -0.15) is 13.2 Å². The van der Waals surface area contributed by atoms with Crippen molar-refractivity contribution in [2.24, 2.45) is 17.3 Å². The van der Waals surface area contributed by atoms with Crippen LogP contribution in [0.4, 0.5) is 13.2 Å². The van der Waals surface area contributed by atoms with Crippen molar-refractivity contribution < 1.29 is 27.9 Å². The zero-order valence-electron chi connectivity index (χ0n) is 10.4. The number of aliphatic carboxylic acids is 1. The average molecular weight is 267 g/mol. The van der Waals surface area contributed by atoms with Crippen LogP contribution >= 0.6 is 0 Å². The van der Waals surface area contributed by atoms with Crippen LogP contribution in [-0.2, 0) is 9.59 Å². The number of carbonyl (C=O) groups excluding carboxylic acids is 1. The van der Waals surface area contributed by atoms with Crippen LogP contribution in [-0.4, -0.2) is 41.1 Å². The topological polar surface area (TPSA) is 57.6 Å². The Kier molecular flexibility index (Phi) is 3.65. The maximum atomic E-state index is 12.3. The predicted molar refractivity (Wildman–Crippen MR) is 56.7 cm³/mol. The van der Waals surface area contributed by atoms with Gasteiger partial charge in [-0.1, -0.05) is 20.8 Å². The minimum absolute atomic E-state index is 0.168. The summed E-state index contributed by atoms with van der Waals surface area (Å²) < 4.78 is 36.9. The van der Waals surface area contributed by atoms with Crippen molar-refractivity contribution in [2.75, 3.05) is 13.1 Å². The van der Waals surface area contributed by atoms with E-state index in [0.717, 1.165) is 0 Å². The van der Waals surface area contributed by atoms with Crippen LogP contribution in [0.2, 0.25) is 0 Å². The fourth-order valence-corrected chi connectivity index (χ4v) is 2.28. The summed E-state index contributed by atoms with van der Waals surface area (Å²) in [5.74, 6) is -4.55. The largest absolute Gasteiger partial charge is 0.481 e. The molecule has 1 N–H and O–H groups in total. The lowest BCUT2D eigenvalue weighted by molar-refractivity contribution is -0.184. The lowest BCUT2D eigenvalue weighted by Gasteiger charge is -2.29. The Morgan fingerprint density at radius 1 is 1.17 bits per heavy atom. The summed E-state index contributed by atoms with van der Waals surface area (Å²) in [6, 6.07) is 0. The smallest absolute Gasteiger partial charge is 0.471 e. The summed E-state index contributed by atoms with van der Waals surface area (Å²) in [6.45, 7) is 4.73. The average Bonchev–Trinajstić information content (AvgIpc) is 2.58. The van der Waals surface area contributed by atoms with Gasteiger partial charge >= 0.3 is 18.1 Å². The van der Waals surface area contributed by atoms with Crippen molar-refractivity contribution in [3.05, 3.63) is 0 Å². The number of amides is 1. The minimum Gasteiger partial charge on any atom is -0.481 e. The Morgan fingerprint density at radius 3 is 1.94 bits per heavy atom. The van der Waals surface area contributed by atoms with Crippen molar-refractivity contribution in [1.82, 2.24) is 4.90 Å². The van der Waals surface area contributed by atoms with Gasteiger partial charge in [-0.15, -0.1) is 0 Å². The van der Waals surface area contributed by atoms with Gasteiger partial charge in [-0.3, -0.25) is 9.59 Å². The zero-order chi connectivity index (χ0) is 14.3. The molecule has 104 valence electrons. The Balaban J connectivity index is 2.93. The number of rotatable bonds is 1. The monoisotopic (exact) mass is 267 g/mol. The van der Waals surface area contributed by atoms with Crippen LogP contribution < -0.4 is 0 Å². The van der Waals surface area contributed by atoms with E-state index >= 15 is 0 Å². The van der Waals surface area contributed by atoms with E-state index < -0.39 is 35.3 Å². The van der Waals surface area contributed by atoms with E-state index in [4.69, 9.17) is 5.11 Å². The first-order valence-corrected chi connectivity index (χ1v) is 5.53. The summed E-state index contributed by atoms with van der Waals surface area (Å²) in [5.41, 5.74) is -0.469. The summed E-state index contributed by atoms with van der Waals surface area (Å²) in [6.07, 6.45) is -4.95. The number of carbonyl (C=O) groups is 2. The SMILES string of the molecule is CC(C)(C)[C@@H]1CN(C(=O)C(F)(F)F)C[C@H]1C(=O)O. The summed E-state index contributed by atoms with van der Waals surface area (Å²) in [4.78, 5) is 22.8. The molecular formula is C11H16F3NO3. The number of hydrogen-bond acceptors (Lipinski definition) is 2. The molecule has 0 aliphatic carbocycles. The lowest BCUT2D eigenvalue weighted by Crippen LogP contribution is -2.40. The number of hydrogen-bond donors (Lipinski definition) is 1. The molecule has 0 radical (unpaired) electrons. The molecule has 4 nitrogen and oxygen atoms in total. The van der Waals surface area contributed by atoms with Gasteiger partial charge in [0.25, 0.3) is 0 Å². The molecule has 2 atom stereocenters. The van der Waals surface area contributed by atoms with Crippen LogP contribution in [0.5, 0.6) is 0 Å². The third-order valence-electron chi connectivity index (χ3n) is 3.28. The van der Waals surface area contributed by atoms with E-state index in [0.29, 0.717) is 4.90 Å². The van der Waals surface area contributed by atoms with E-state index in [-0.39, 0.29) is 13.1 Å². The van der Waals surface area contributed by atoms with E-state index in [1.807, 2.05) is 0 Å². The molecule has 0 unspecified atom stereocenters. The van der Waals surface area contributed by atoms with Gasteiger partial charge in [0, 0.05) is 13.1 Å². The van der Waals surface area contributed by atoms with Crippen molar-refractivity contribution in [2.45, 2.75) is 26.9 Å². The number of carboxylic acids is 1. The highest BCUT2D eigenvalue weighted by Crippen LogP contribution is 2.39. The van der Waals surface area contributed by atoms with E-state index in [1.54, 1.807) is 20.8 Å². The highest BCUT2D eigenvalue weighted by molar-refractivity contribution is 5.83. The van der Waals surface area contributed by atoms with Crippen molar-refractivity contribution >= 4 is 11.9 Å². The van der Waals surface area contributed by atoms with Crippen LogP contribution in [0.25, 0.3) is 0 Å². The number of alkyl halides is 3. The fraction of sp³-hybridized carbons (Fsp3) is 0.818. The maximum Gasteiger partial charge on any atom is 0.471 e. The van der Waals surface area contributed by atoms with E-state index in [9.17, 15) is 22.8 Å². The fourth-order valence-electron chi connectivity index (χ4n) is 2.28. The van der Waals surface area contributed by atoms with Crippen LogP contribution in [0.1, 0.15) is 20.8 Å². The van der Waals surface area contributed by atoms with Crippen LogP contribution in [0.3, 0.4) is 0 Å². The Hall–Kier alpha value is -1.27. The molecule has 1 fully saturated rings. The molecule has 1 aliphatic heterocycles. The van der Waals surface area contributed by atoms with E-state index in [1.165, 1.54) is 0 Å². The quantitative estimate of drug-likeness (QED) is 0.787. The molecule has 1 aliphatic rings. The molecule has 0 spiro atoms. The van der Waals surface area contributed by atoms with Gasteiger partial charge in [0.1, 0.15) is 0 Å². The van der Waals surface area contributed by atoms with Gasteiger partial charge in [-0.25, -0.2) is 0 Å². The van der Waals surface area contributed by atoms with Gasteiger partial charge in [0.05, 0.1) is 5.92 Å². The van der Waals surface area contributed by atoms with Crippen molar-refractivity contribution in [1.29, 1.82) is 0 Å². The Morgan fingerprint density at radius 2 is 1.67 bits per heavy atom. The van der Waals surface area contributed by atoms with Gasteiger partial charge in [-0.05, 0) is 11.3 Å². The van der Waals surface area contributed by atoms with Gasteiger partial charge in [0.2, 0.25) is 0 Å². The Labute approximate surface area is 103 Å². The molecule has 0 aromatic heterocycles. The maximum absolute atomic E-state index is 12.3. The summed E-state index contributed by atoms with van der Waals surface area (Å²) >= 11 is 0. The zero-order valence-corrected chi connectivity index (χ0v) is 10.4. The molecule has 1 heterocycles. The van der Waals surface area contributed by atoms with Crippen LogP contribution in [0.15, 0.2) is 0 Å². The Bertz CT molecular complexity index is 360. The summed E-state index contributed by atoms with van der Waals surface area (Å²) in [5, 5.41) is 9.03. The van der Waals surface area contributed by atoms with Crippen molar-refractivity contribution in [3.63, 3.8) is 0 Å². The lowest BCUT2D eigenvalue weighted by atomic mass is 9.75. The number of halogens is 3. The molecule has 1 rings (SSSR count). The molecule has 0 saturated carbocycles. The first-order valence-electron chi connectivity index (χ1n) is 5.53. The third-order valence-corrected chi connectivity index (χ3v) is 3.28. The van der Waals surface area contributed by atoms with Gasteiger partial charge < -0.3 is 10.0 Å². The molecule has 1 saturated heterocycles. The number of nitrogens with zero attached hydrogens (tertiary/aromatic N) is 1. The standard InChI is InChI=1S/C11H16F3NO3/c1-10(2,3)7-5-15(4-6(7)8(16)17)9(18)11(12,13)14/h6-7H,4-5H2,1-3H3,(H,16,17)/t6-,7-/m1/s1. The molecule has 18 heavy (non-hydrogen) atoms. The predicted octanol–water partition coefficient (Wildman–Crippen LogP) is 1.75. The number of likely N-dealkylation sites (tertiary alicyclic amines) is 1. The molecular weight excluding hydrogens is 251 g/mol. The molecule has 7 heteroatoms. The number of carboxylic acid groups (broad SMARTS) is 1. The first kappa shape index (κ1) is 14.8. The van der Waals surface area contributed by atoms with E-state index in [2.05, 4.69) is 0 Å². The third kappa shape index (κ3) is 2.94. The first-order chi connectivity index (χ1) is 7.94. The molecule has 0 aromatic carbocycles.